The van der Waals surface area contributed by atoms with Gasteiger partial charge in [-0.2, -0.15) is 0 Å². The van der Waals surface area contributed by atoms with Crippen molar-refractivity contribution in [2.75, 3.05) is 0 Å². The molecule has 0 heteroatoms. The van der Waals surface area contributed by atoms with E-state index in [1.54, 1.807) is 0 Å². The predicted octanol–water partition coefficient (Wildman–Crippen LogP) is 6.59. The molecule has 0 aliphatic heterocycles. The molecule has 0 aromatic heterocycles. The molecule has 25 heavy (non-hydrogen) atoms. The predicted molar refractivity (Wildman–Crippen MR) is 106 cm³/mol. The molecule has 5 rings (SSSR count). The molecule has 1 aliphatic rings. The van der Waals surface area contributed by atoms with E-state index in [2.05, 4.69) is 97.1 Å². The van der Waals surface area contributed by atoms with Crippen LogP contribution in [0.5, 0.6) is 0 Å². The van der Waals surface area contributed by atoms with Crippen LogP contribution < -0.4 is 0 Å². The van der Waals surface area contributed by atoms with Gasteiger partial charge in [-0.25, -0.2) is 0 Å². The Morgan fingerprint density at radius 3 is 1.76 bits per heavy atom. The van der Waals surface area contributed by atoms with Crippen molar-refractivity contribution in [3.05, 3.63) is 108 Å². The lowest BCUT2D eigenvalue weighted by molar-refractivity contribution is 1.26. The summed E-state index contributed by atoms with van der Waals surface area (Å²) in [6.07, 6.45) is 1.02. The van der Waals surface area contributed by atoms with Crippen LogP contribution in [0.3, 0.4) is 0 Å². The van der Waals surface area contributed by atoms with Crippen LogP contribution in [0.2, 0.25) is 0 Å². The van der Waals surface area contributed by atoms with Crippen molar-refractivity contribution in [2.24, 2.45) is 0 Å². The Labute approximate surface area is 148 Å². The van der Waals surface area contributed by atoms with Crippen molar-refractivity contribution in [3.8, 4) is 33.4 Å². The lowest BCUT2D eigenvalue weighted by Gasteiger charge is -2.14. The molecule has 0 nitrogen and oxygen atoms in total. The van der Waals surface area contributed by atoms with E-state index in [1.807, 2.05) is 0 Å². The summed E-state index contributed by atoms with van der Waals surface area (Å²) in [6, 6.07) is 34.9. The smallest absolute Gasteiger partial charge is 0.000728 e. The largest absolute Gasteiger partial charge is 0.0622 e. The maximum atomic E-state index is 2.27. The molecule has 0 spiro atoms. The van der Waals surface area contributed by atoms with Gasteiger partial charge in [-0.1, -0.05) is 97.1 Å². The van der Waals surface area contributed by atoms with Gasteiger partial charge in [-0.15, -0.1) is 0 Å². The average molecular weight is 318 g/mol. The van der Waals surface area contributed by atoms with E-state index in [1.165, 1.54) is 44.5 Å². The number of fused-ring (bicyclic) bond motifs is 3. The summed E-state index contributed by atoms with van der Waals surface area (Å²) in [4.78, 5) is 0. The second-order valence-corrected chi connectivity index (χ2v) is 6.58. The van der Waals surface area contributed by atoms with Crippen LogP contribution in [0, 0.1) is 0 Å². The fourth-order valence-electron chi connectivity index (χ4n) is 4.00. The molecule has 0 saturated heterocycles. The summed E-state index contributed by atoms with van der Waals surface area (Å²) in [5, 5.41) is 0. The highest BCUT2D eigenvalue weighted by atomic mass is 14.2. The van der Waals surface area contributed by atoms with Crippen LogP contribution in [-0.2, 0) is 6.42 Å². The Morgan fingerprint density at radius 2 is 0.960 bits per heavy atom. The van der Waals surface area contributed by atoms with Gasteiger partial charge in [0.2, 0.25) is 0 Å². The second kappa shape index (κ2) is 5.75. The van der Waals surface area contributed by atoms with Crippen molar-refractivity contribution in [3.63, 3.8) is 0 Å². The maximum Gasteiger partial charge on any atom is -0.000728 e. The first-order valence-corrected chi connectivity index (χ1v) is 8.77. The van der Waals surface area contributed by atoms with Crippen LogP contribution >= 0.6 is 0 Å². The lowest BCUT2D eigenvalue weighted by atomic mass is 9.90. The van der Waals surface area contributed by atoms with Crippen molar-refractivity contribution in [1.82, 2.24) is 0 Å². The molecule has 0 heterocycles. The van der Waals surface area contributed by atoms with Crippen LogP contribution in [0.25, 0.3) is 33.4 Å². The summed E-state index contributed by atoms with van der Waals surface area (Å²) in [5.74, 6) is 0. The highest BCUT2D eigenvalue weighted by Gasteiger charge is 2.21. The minimum absolute atomic E-state index is 1.02. The SMILES string of the molecule is c1ccc(-c2ccccc2-c2cccc3c2Cc2ccccc2-3)cc1. The van der Waals surface area contributed by atoms with E-state index in [4.69, 9.17) is 0 Å². The number of benzene rings is 4. The Hall–Kier alpha value is -3.12. The number of hydrogen-bond acceptors (Lipinski definition) is 0. The molecule has 1 aliphatic carbocycles. The normalized spacial score (nSPS) is 11.8. The first kappa shape index (κ1) is 14.2. The molecule has 0 radical (unpaired) electrons. The quantitative estimate of drug-likeness (QED) is 0.344. The van der Waals surface area contributed by atoms with Gasteiger partial charge in [0.05, 0.1) is 0 Å². The minimum Gasteiger partial charge on any atom is -0.0622 e. The zero-order valence-corrected chi connectivity index (χ0v) is 13.9. The fourth-order valence-corrected chi connectivity index (χ4v) is 4.00. The zero-order chi connectivity index (χ0) is 16.6. The van der Waals surface area contributed by atoms with Crippen molar-refractivity contribution >= 4 is 0 Å². The Kier molecular flexibility index (Phi) is 3.28. The zero-order valence-electron chi connectivity index (χ0n) is 13.9. The van der Waals surface area contributed by atoms with E-state index in [0.29, 0.717) is 0 Å². The summed E-state index contributed by atoms with van der Waals surface area (Å²) in [7, 11) is 0. The third kappa shape index (κ3) is 2.30. The van der Waals surface area contributed by atoms with Gasteiger partial charge in [-0.05, 0) is 50.9 Å². The van der Waals surface area contributed by atoms with E-state index in [0.717, 1.165) is 6.42 Å². The molecule has 0 unspecified atom stereocenters. The molecule has 0 saturated carbocycles. The first-order valence-electron chi connectivity index (χ1n) is 8.77. The Morgan fingerprint density at radius 1 is 0.400 bits per heavy atom. The molecular formula is C25H18. The monoisotopic (exact) mass is 318 g/mol. The van der Waals surface area contributed by atoms with Gasteiger partial charge in [0.25, 0.3) is 0 Å². The van der Waals surface area contributed by atoms with Crippen molar-refractivity contribution < 1.29 is 0 Å². The van der Waals surface area contributed by atoms with Crippen LogP contribution in [0.15, 0.2) is 97.1 Å². The third-order valence-electron chi connectivity index (χ3n) is 5.15. The standard InChI is InChI=1S/C25H18/c1-2-9-18(10-3-1)20-12-6-7-14-22(20)24-16-8-15-23-21-13-5-4-11-19(21)17-25(23)24/h1-16H,17H2. The van der Waals surface area contributed by atoms with Gasteiger partial charge in [0.1, 0.15) is 0 Å². The summed E-state index contributed by atoms with van der Waals surface area (Å²) < 4.78 is 0. The van der Waals surface area contributed by atoms with Crippen LogP contribution in [-0.4, -0.2) is 0 Å². The molecule has 0 bridgehead atoms. The number of rotatable bonds is 2. The lowest BCUT2D eigenvalue weighted by Crippen LogP contribution is -1.90. The van der Waals surface area contributed by atoms with Crippen molar-refractivity contribution in [1.29, 1.82) is 0 Å². The topological polar surface area (TPSA) is 0 Å². The molecule has 4 aromatic carbocycles. The molecule has 4 aromatic rings. The van der Waals surface area contributed by atoms with Gasteiger partial charge in [-0.3, -0.25) is 0 Å². The van der Waals surface area contributed by atoms with Gasteiger partial charge in [0.15, 0.2) is 0 Å². The summed E-state index contributed by atoms with van der Waals surface area (Å²) >= 11 is 0. The van der Waals surface area contributed by atoms with Crippen LogP contribution in [0.1, 0.15) is 11.1 Å². The molecular weight excluding hydrogens is 300 g/mol. The van der Waals surface area contributed by atoms with E-state index >= 15 is 0 Å². The molecule has 0 fully saturated rings. The fraction of sp³-hybridized carbons (Fsp3) is 0.0400. The van der Waals surface area contributed by atoms with E-state index in [9.17, 15) is 0 Å². The average Bonchev–Trinajstić information content (AvgIpc) is 3.07. The van der Waals surface area contributed by atoms with Gasteiger partial charge < -0.3 is 0 Å². The van der Waals surface area contributed by atoms with Crippen LogP contribution in [0.4, 0.5) is 0 Å². The van der Waals surface area contributed by atoms with E-state index in [-0.39, 0.29) is 0 Å². The second-order valence-electron chi connectivity index (χ2n) is 6.58. The molecule has 0 atom stereocenters. The maximum absolute atomic E-state index is 2.27. The Bertz CT molecular complexity index is 1060. The summed E-state index contributed by atoms with van der Waals surface area (Å²) in [6.45, 7) is 0. The van der Waals surface area contributed by atoms with E-state index < -0.39 is 0 Å². The Balaban J connectivity index is 1.73. The number of hydrogen-bond donors (Lipinski definition) is 0. The third-order valence-corrected chi connectivity index (χ3v) is 5.15. The van der Waals surface area contributed by atoms with Crippen molar-refractivity contribution in [2.45, 2.75) is 6.42 Å². The van der Waals surface area contributed by atoms with Gasteiger partial charge in [0, 0.05) is 0 Å². The first-order chi connectivity index (χ1) is 12.4. The molecule has 118 valence electrons. The highest BCUT2D eigenvalue weighted by Crippen LogP contribution is 2.43. The van der Waals surface area contributed by atoms with Gasteiger partial charge >= 0.3 is 0 Å². The molecule has 0 N–H and O–H groups in total. The minimum atomic E-state index is 1.02. The molecule has 0 amide bonds. The summed E-state index contributed by atoms with van der Waals surface area (Å²) in [5.41, 5.74) is 10.9. The highest BCUT2D eigenvalue weighted by molar-refractivity contribution is 5.90.